The van der Waals surface area contributed by atoms with Crippen molar-refractivity contribution in [2.24, 2.45) is 0 Å². The Labute approximate surface area is 151 Å². The number of ether oxygens (including phenoxy) is 1. The van der Waals surface area contributed by atoms with Crippen molar-refractivity contribution in [1.82, 2.24) is 10.2 Å². The fourth-order valence-corrected chi connectivity index (χ4v) is 4.07. The van der Waals surface area contributed by atoms with Gasteiger partial charge in [-0.15, -0.1) is 0 Å². The van der Waals surface area contributed by atoms with Crippen LogP contribution >= 0.6 is 0 Å². The van der Waals surface area contributed by atoms with Crippen molar-refractivity contribution in [3.05, 3.63) is 35.4 Å². The normalized spacial score (nSPS) is 24.9. The van der Waals surface area contributed by atoms with Gasteiger partial charge in [0.2, 0.25) is 5.91 Å². The predicted octanol–water partition coefficient (Wildman–Crippen LogP) is 2.49. The maximum absolute atomic E-state index is 13.8. The van der Waals surface area contributed by atoms with Crippen LogP contribution in [0.1, 0.15) is 45.1 Å². The average molecular weight is 366 g/mol. The summed E-state index contributed by atoms with van der Waals surface area (Å²) in [5.74, 6) is -2.17. The highest BCUT2D eigenvalue weighted by Crippen LogP contribution is 2.40. The lowest BCUT2D eigenvalue weighted by atomic mass is 9.81. The molecule has 1 aliphatic heterocycles. The first-order chi connectivity index (χ1) is 12.3. The highest BCUT2D eigenvalue weighted by atomic mass is 19.1. The molecule has 142 valence electrons. The van der Waals surface area contributed by atoms with Crippen molar-refractivity contribution in [2.75, 3.05) is 19.7 Å². The molecule has 1 N–H and O–H groups in total. The minimum absolute atomic E-state index is 0.204. The van der Waals surface area contributed by atoms with Crippen LogP contribution in [0.3, 0.4) is 0 Å². The van der Waals surface area contributed by atoms with E-state index in [1.54, 1.807) is 13.8 Å². The van der Waals surface area contributed by atoms with Gasteiger partial charge in [-0.05, 0) is 44.4 Å². The Balaban J connectivity index is 2.01. The molecule has 1 aromatic carbocycles. The number of carbonyl (C=O) groups is 2. The zero-order valence-corrected chi connectivity index (χ0v) is 15.1. The van der Waals surface area contributed by atoms with E-state index in [9.17, 15) is 18.4 Å². The Hall–Kier alpha value is -2.02. The first kappa shape index (κ1) is 18.8. The Morgan fingerprint density at radius 1 is 1.23 bits per heavy atom. The topological polar surface area (TPSA) is 58.6 Å². The van der Waals surface area contributed by atoms with Crippen molar-refractivity contribution in [2.45, 2.75) is 50.6 Å². The highest BCUT2D eigenvalue weighted by Gasteiger charge is 2.53. The van der Waals surface area contributed by atoms with Gasteiger partial charge in [-0.3, -0.25) is 9.59 Å². The number of hydrogen-bond acceptors (Lipinski definition) is 4. The van der Waals surface area contributed by atoms with E-state index in [1.165, 1.54) is 17.0 Å². The number of rotatable bonds is 4. The lowest BCUT2D eigenvalue weighted by Crippen LogP contribution is -2.70. The number of piperazine rings is 1. The van der Waals surface area contributed by atoms with Crippen LogP contribution in [-0.4, -0.2) is 42.0 Å². The van der Waals surface area contributed by atoms with Crippen LogP contribution < -0.4 is 5.32 Å². The highest BCUT2D eigenvalue weighted by molar-refractivity contribution is 5.91. The molecule has 1 amide bonds. The number of nitrogens with zero attached hydrogens (tertiary/aromatic N) is 1. The molecule has 1 atom stereocenters. The molecule has 0 aromatic heterocycles. The number of carbonyl (C=O) groups excluding carboxylic acids is 2. The van der Waals surface area contributed by atoms with Gasteiger partial charge in [-0.25, -0.2) is 8.78 Å². The first-order valence-electron chi connectivity index (χ1n) is 9.00. The van der Waals surface area contributed by atoms with Gasteiger partial charge in [0.05, 0.1) is 17.7 Å². The fourth-order valence-electron chi connectivity index (χ4n) is 4.07. The second-order valence-corrected chi connectivity index (χ2v) is 7.27. The minimum Gasteiger partial charge on any atom is -0.465 e. The van der Waals surface area contributed by atoms with Crippen molar-refractivity contribution < 1.29 is 23.1 Å². The fraction of sp³-hybridized carbons (Fsp3) is 0.579. The van der Waals surface area contributed by atoms with Gasteiger partial charge in [0, 0.05) is 12.6 Å². The maximum atomic E-state index is 13.8. The molecule has 1 aliphatic carbocycles. The molecule has 0 radical (unpaired) electrons. The van der Waals surface area contributed by atoms with Crippen LogP contribution in [-0.2, 0) is 19.9 Å². The van der Waals surface area contributed by atoms with E-state index in [-0.39, 0.29) is 19.1 Å². The minimum atomic E-state index is -1.05. The summed E-state index contributed by atoms with van der Waals surface area (Å²) in [5.41, 5.74) is -1.44. The molecule has 3 rings (SSSR count). The first-order valence-corrected chi connectivity index (χ1v) is 9.00. The van der Waals surface area contributed by atoms with E-state index in [4.69, 9.17) is 4.74 Å². The number of nitrogens with one attached hydrogen (secondary N) is 1. The van der Waals surface area contributed by atoms with E-state index in [1.807, 2.05) is 0 Å². The Morgan fingerprint density at radius 2 is 1.85 bits per heavy atom. The molecule has 2 fully saturated rings. The van der Waals surface area contributed by atoms with Crippen molar-refractivity contribution >= 4 is 11.9 Å². The van der Waals surface area contributed by atoms with Gasteiger partial charge in [-0.2, -0.15) is 0 Å². The Bertz CT molecular complexity index is 698. The second kappa shape index (κ2) is 6.95. The molecule has 0 unspecified atom stereocenters. The molecule has 2 aliphatic rings. The zero-order chi connectivity index (χ0) is 18.9. The summed E-state index contributed by atoms with van der Waals surface area (Å²) in [5, 5.41) is 3.32. The van der Waals surface area contributed by atoms with Crippen LogP contribution in [0.4, 0.5) is 8.78 Å². The van der Waals surface area contributed by atoms with Crippen molar-refractivity contribution in [1.29, 1.82) is 0 Å². The van der Waals surface area contributed by atoms with Crippen LogP contribution in [0.2, 0.25) is 0 Å². The molecule has 5 nitrogen and oxygen atoms in total. The van der Waals surface area contributed by atoms with Gasteiger partial charge >= 0.3 is 5.97 Å². The molecule has 1 saturated carbocycles. The summed E-state index contributed by atoms with van der Waals surface area (Å²) in [6.45, 7) is 3.67. The van der Waals surface area contributed by atoms with E-state index < -0.39 is 28.7 Å². The van der Waals surface area contributed by atoms with E-state index in [0.717, 1.165) is 18.9 Å². The summed E-state index contributed by atoms with van der Waals surface area (Å²) in [6, 6.07) is 3.21. The second-order valence-electron chi connectivity index (χ2n) is 7.27. The lowest BCUT2D eigenvalue weighted by Gasteiger charge is -2.51. The number of esters is 1. The van der Waals surface area contributed by atoms with Gasteiger partial charge in [0.25, 0.3) is 0 Å². The van der Waals surface area contributed by atoms with Gasteiger partial charge in [-0.1, -0.05) is 12.8 Å². The third-order valence-corrected chi connectivity index (χ3v) is 5.56. The average Bonchev–Trinajstić information content (AvgIpc) is 3.05. The van der Waals surface area contributed by atoms with Crippen LogP contribution in [0.15, 0.2) is 18.2 Å². The number of benzene rings is 1. The maximum Gasteiger partial charge on any atom is 0.325 e. The third-order valence-electron chi connectivity index (χ3n) is 5.56. The summed E-state index contributed by atoms with van der Waals surface area (Å²) < 4.78 is 32.6. The largest absolute Gasteiger partial charge is 0.465 e. The lowest BCUT2D eigenvalue weighted by molar-refractivity contribution is -0.160. The van der Waals surface area contributed by atoms with Crippen LogP contribution in [0, 0.1) is 11.6 Å². The van der Waals surface area contributed by atoms with Crippen LogP contribution in [0.25, 0.3) is 0 Å². The van der Waals surface area contributed by atoms with Gasteiger partial charge < -0.3 is 15.0 Å². The monoisotopic (exact) mass is 366 g/mol. The summed E-state index contributed by atoms with van der Waals surface area (Å²) in [4.78, 5) is 26.9. The molecule has 1 saturated heterocycles. The SMILES string of the molecule is CCOC(=O)CN1C(=O)C2(CCCC2)NC[C@@]1(C)c1cc(F)cc(F)c1. The molecule has 26 heavy (non-hydrogen) atoms. The quantitative estimate of drug-likeness (QED) is 0.832. The number of hydrogen-bond donors (Lipinski definition) is 1. The Morgan fingerprint density at radius 3 is 2.42 bits per heavy atom. The van der Waals surface area contributed by atoms with Crippen molar-refractivity contribution in [3.8, 4) is 0 Å². The van der Waals surface area contributed by atoms with E-state index in [0.29, 0.717) is 24.9 Å². The standard InChI is InChI=1S/C19H24F2N2O3/c1-3-26-16(24)11-23-17(25)19(6-4-5-7-19)22-12-18(23,2)13-8-14(20)10-15(21)9-13/h8-10,22H,3-7,11-12H2,1-2H3/t18-/m0/s1. The summed E-state index contributed by atoms with van der Waals surface area (Å²) >= 11 is 0. The Kier molecular flexibility index (Phi) is 5.01. The number of amides is 1. The summed E-state index contributed by atoms with van der Waals surface area (Å²) in [6.07, 6.45) is 3.24. The molecule has 1 heterocycles. The molecule has 1 aromatic rings. The molecular formula is C19H24F2N2O3. The smallest absolute Gasteiger partial charge is 0.325 e. The van der Waals surface area contributed by atoms with Gasteiger partial charge in [0.1, 0.15) is 18.2 Å². The summed E-state index contributed by atoms with van der Waals surface area (Å²) in [7, 11) is 0. The molecule has 7 heteroatoms. The van der Waals surface area contributed by atoms with E-state index >= 15 is 0 Å². The van der Waals surface area contributed by atoms with E-state index in [2.05, 4.69) is 5.32 Å². The third kappa shape index (κ3) is 3.20. The van der Waals surface area contributed by atoms with Gasteiger partial charge in [0.15, 0.2) is 0 Å². The van der Waals surface area contributed by atoms with Crippen molar-refractivity contribution in [3.63, 3.8) is 0 Å². The van der Waals surface area contributed by atoms with Crippen LogP contribution in [0.5, 0.6) is 0 Å². The molecule has 1 spiro atoms. The number of halogens is 2. The zero-order valence-electron chi connectivity index (χ0n) is 15.1. The predicted molar refractivity (Wildman–Crippen MR) is 91.3 cm³/mol. The molecular weight excluding hydrogens is 342 g/mol. The molecule has 0 bridgehead atoms.